The second-order valence-corrected chi connectivity index (χ2v) is 7.16. The fourth-order valence-corrected chi connectivity index (χ4v) is 4.00. The van der Waals surface area contributed by atoms with E-state index in [-0.39, 0.29) is 11.6 Å². The van der Waals surface area contributed by atoms with Gasteiger partial charge in [-0.25, -0.2) is 14.4 Å². The van der Waals surface area contributed by atoms with Crippen LogP contribution in [0.1, 0.15) is 11.4 Å². The summed E-state index contributed by atoms with van der Waals surface area (Å²) in [5.41, 5.74) is 3.07. The molecule has 0 aliphatic carbocycles. The Kier molecular flexibility index (Phi) is 4.73. The summed E-state index contributed by atoms with van der Waals surface area (Å²) in [5.74, 6) is 1.51. The lowest BCUT2D eigenvalue weighted by Gasteiger charge is -2.10. The summed E-state index contributed by atoms with van der Waals surface area (Å²) in [6.07, 6.45) is 0.806. The third-order valence-electron chi connectivity index (χ3n) is 4.34. The summed E-state index contributed by atoms with van der Waals surface area (Å²) < 4.78 is 13.3. The molecule has 2 heterocycles. The van der Waals surface area contributed by atoms with Gasteiger partial charge in [-0.15, -0.1) is 11.3 Å². The Morgan fingerprint density at radius 1 is 1.04 bits per heavy atom. The Balaban J connectivity index is 1.63. The number of fused-ring (bicyclic) bond motifs is 1. The molecule has 4 aromatic rings. The largest absolute Gasteiger partial charge is 0.508 e. The third-order valence-corrected chi connectivity index (χ3v) is 5.22. The number of rotatable bonds is 5. The summed E-state index contributed by atoms with van der Waals surface area (Å²) in [4.78, 5) is 10.0. The Morgan fingerprint density at radius 3 is 2.52 bits per heavy atom. The molecule has 0 atom stereocenters. The van der Waals surface area contributed by atoms with Crippen LogP contribution in [-0.4, -0.2) is 21.6 Å². The summed E-state index contributed by atoms with van der Waals surface area (Å²) in [7, 11) is 0. The fraction of sp³-hybridized carbons (Fsp3) is 0.143. The lowest BCUT2D eigenvalue weighted by Crippen LogP contribution is -2.08. The van der Waals surface area contributed by atoms with Crippen molar-refractivity contribution in [2.24, 2.45) is 0 Å². The van der Waals surface area contributed by atoms with Gasteiger partial charge in [0.05, 0.1) is 5.39 Å². The Morgan fingerprint density at radius 2 is 1.78 bits per heavy atom. The van der Waals surface area contributed by atoms with Gasteiger partial charge in [0.1, 0.15) is 28.0 Å². The van der Waals surface area contributed by atoms with Crippen molar-refractivity contribution in [2.45, 2.75) is 13.3 Å². The molecule has 0 amide bonds. The van der Waals surface area contributed by atoms with Gasteiger partial charge in [0.15, 0.2) is 0 Å². The maximum atomic E-state index is 13.3. The molecule has 0 aliphatic rings. The molecule has 0 saturated carbocycles. The van der Waals surface area contributed by atoms with Gasteiger partial charge >= 0.3 is 0 Å². The molecule has 0 radical (unpaired) electrons. The zero-order chi connectivity index (χ0) is 18.8. The van der Waals surface area contributed by atoms with E-state index < -0.39 is 0 Å². The normalized spacial score (nSPS) is 11.0. The molecule has 2 aromatic heterocycles. The number of hydrogen-bond acceptors (Lipinski definition) is 5. The number of benzene rings is 2. The van der Waals surface area contributed by atoms with E-state index in [9.17, 15) is 9.50 Å². The molecule has 0 spiro atoms. The van der Waals surface area contributed by atoms with Gasteiger partial charge in [-0.05, 0) is 48.7 Å². The van der Waals surface area contributed by atoms with Crippen molar-refractivity contribution >= 4 is 27.4 Å². The molecule has 27 heavy (non-hydrogen) atoms. The van der Waals surface area contributed by atoms with E-state index in [0.717, 1.165) is 39.1 Å². The number of phenolic OH excluding ortho intramolecular Hbond substituents is 1. The van der Waals surface area contributed by atoms with E-state index in [4.69, 9.17) is 0 Å². The van der Waals surface area contributed by atoms with E-state index in [1.54, 1.807) is 35.6 Å². The molecule has 0 bridgehead atoms. The predicted octanol–water partition coefficient (Wildman–Crippen LogP) is 5.17. The monoisotopic (exact) mass is 379 g/mol. The summed E-state index contributed by atoms with van der Waals surface area (Å²) in [6, 6.07) is 13.7. The first kappa shape index (κ1) is 17.4. The Bertz CT molecular complexity index is 1080. The van der Waals surface area contributed by atoms with Gasteiger partial charge in [0.2, 0.25) is 0 Å². The second kappa shape index (κ2) is 7.32. The van der Waals surface area contributed by atoms with Gasteiger partial charge in [0, 0.05) is 17.5 Å². The van der Waals surface area contributed by atoms with Crippen LogP contribution in [0.4, 0.5) is 10.2 Å². The number of aromatic hydroxyl groups is 1. The topological polar surface area (TPSA) is 58.0 Å². The van der Waals surface area contributed by atoms with Gasteiger partial charge < -0.3 is 10.4 Å². The van der Waals surface area contributed by atoms with Crippen LogP contribution in [0.3, 0.4) is 0 Å². The van der Waals surface area contributed by atoms with Crippen LogP contribution in [-0.2, 0) is 6.42 Å². The standard InChI is InChI=1S/C21H18FN3OS/c1-13-24-20(23-11-10-14-2-8-17(26)9-3-14)19-18(12-27-21(19)25-13)15-4-6-16(22)7-5-15/h2-9,12,26H,10-11H2,1H3,(H,23,24,25). The van der Waals surface area contributed by atoms with Crippen molar-refractivity contribution in [3.63, 3.8) is 0 Å². The van der Waals surface area contributed by atoms with E-state index in [2.05, 4.69) is 15.3 Å². The van der Waals surface area contributed by atoms with Crippen molar-refractivity contribution in [1.29, 1.82) is 0 Å². The minimum absolute atomic E-state index is 0.252. The number of thiophene rings is 1. The third kappa shape index (κ3) is 3.75. The summed E-state index contributed by atoms with van der Waals surface area (Å²) >= 11 is 1.56. The van der Waals surface area contributed by atoms with E-state index in [1.807, 2.05) is 24.4 Å². The van der Waals surface area contributed by atoms with Gasteiger partial charge in [-0.1, -0.05) is 24.3 Å². The smallest absolute Gasteiger partial charge is 0.139 e. The molecule has 0 saturated heterocycles. The van der Waals surface area contributed by atoms with Crippen LogP contribution in [0.15, 0.2) is 53.9 Å². The van der Waals surface area contributed by atoms with E-state index in [1.165, 1.54) is 12.1 Å². The highest BCUT2D eigenvalue weighted by Crippen LogP contribution is 2.37. The number of phenols is 1. The van der Waals surface area contributed by atoms with Crippen LogP contribution >= 0.6 is 11.3 Å². The molecule has 4 nitrogen and oxygen atoms in total. The molecule has 2 N–H and O–H groups in total. The van der Waals surface area contributed by atoms with Crippen LogP contribution in [0.2, 0.25) is 0 Å². The zero-order valence-corrected chi connectivity index (χ0v) is 15.6. The first-order chi connectivity index (χ1) is 13.1. The lowest BCUT2D eigenvalue weighted by molar-refractivity contribution is 0.475. The summed E-state index contributed by atoms with van der Waals surface area (Å²) in [6.45, 7) is 2.58. The van der Waals surface area contributed by atoms with E-state index in [0.29, 0.717) is 12.4 Å². The molecule has 136 valence electrons. The van der Waals surface area contributed by atoms with Crippen molar-refractivity contribution < 1.29 is 9.50 Å². The van der Waals surface area contributed by atoms with Crippen LogP contribution in [0, 0.1) is 12.7 Å². The highest BCUT2D eigenvalue weighted by atomic mass is 32.1. The number of aromatic nitrogens is 2. The second-order valence-electron chi connectivity index (χ2n) is 6.30. The number of nitrogens with one attached hydrogen (secondary N) is 1. The predicted molar refractivity (Wildman–Crippen MR) is 108 cm³/mol. The van der Waals surface area contributed by atoms with E-state index >= 15 is 0 Å². The van der Waals surface area contributed by atoms with Crippen molar-refractivity contribution in [3.8, 4) is 16.9 Å². The Hall–Kier alpha value is -2.99. The molecule has 6 heteroatoms. The first-order valence-electron chi connectivity index (χ1n) is 8.64. The number of halogens is 1. The van der Waals surface area contributed by atoms with Crippen LogP contribution in [0.5, 0.6) is 5.75 Å². The maximum Gasteiger partial charge on any atom is 0.139 e. The highest BCUT2D eigenvalue weighted by molar-refractivity contribution is 7.17. The molecular weight excluding hydrogens is 361 g/mol. The number of aryl methyl sites for hydroxylation is 1. The number of anilines is 1. The van der Waals surface area contributed by atoms with Gasteiger partial charge in [-0.3, -0.25) is 0 Å². The van der Waals surface area contributed by atoms with Crippen molar-refractivity contribution in [2.75, 3.05) is 11.9 Å². The van der Waals surface area contributed by atoms with Crippen LogP contribution < -0.4 is 5.32 Å². The average Bonchev–Trinajstić information content (AvgIpc) is 3.08. The number of nitrogens with zero attached hydrogens (tertiary/aromatic N) is 2. The minimum Gasteiger partial charge on any atom is -0.508 e. The number of hydrogen-bond donors (Lipinski definition) is 2. The SMILES string of the molecule is Cc1nc(NCCc2ccc(O)cc2)c2c(-c3ccc(F)cc3)csc2n1. The van der Waals surface area contributed by atoms with Crippen molar-refractivity contribution in [1.82, 2.24) is 9.97 Å². The molecular formula is C21H18FN3OS. The zero-order valence-electron chi connectivity index (χ0n) is 14.7. The van der Waals surface area contributed by atoms with Gasteiger partial charge in [0.25, 0.3) is 0 Å². The highest BCUT2D eigenvalue weighted by Gasteiger charge is 2.14. The van der Waals surface area contributed by atoms with Crippen molar-refractivity contribution in [3.05, 3.63) is 71.1 Å². The van der Waals surface area contributed by atoms with Crippen LogP contribution in [0.25, 0.3) is 21.3 Å². The summed E-state index contributed by atoms with van der Waals surface area (Å²) in [5, 5.41) is 15.8. The Labute approximate surface area is 160 Å². The van der Waals surface area contributed by atoms with Gasteiger partial charge in [-0.2, -0.15) is 0 Å². The first-order valence-corrected chi connectivity index (χ1v) is 9.52. The molecule has 2 aromatic carbocycles. The molecule has 4 rings (SSSR count). The fourth-order valence-electron chi connectivity index (χ4n) is 3.01. The molecule has 0 unspecified atom stereocenters. The average molecular weight is 379 g/mol. The molecule has 0 fully saturated rings. The minimum atomic E-state index is -0.252. The lowest BCUT2D eigenvalue weighted by atomic mass is 10.1. The molecule has 0 aliphatic heterocycles. The maximum absolute atomic E-state index is 13.3. The quantitative estimate of drug-likeness (QED) is 0.502.